The Morgan fingerprint density at radius 3 is 2.36 bits per heavy atom. The lowest BCUT2D eigenvalue weighted by atomic mass is 9.89. The lowest BCUT2D eigenvalue weighted by Gasteiger charge is -2.39. The number of aromatic nitrogens is 9. The molecule has 1 atom stereocenters. The number of hydrogen-bond acceptors (Lipinski definition) is 16. The van der Waals surface area contributed by atoms with E-state index in [0.29, 0.717) is 126 Å². The highest BCUT2D eigenvalue weighted by atomic mass is 19.1. The zero-order valence-electron chi connectivity index (χ0n) is 41.1. The van der Waals surface area contributed by atoms with Crippen molar-refractivity contribution in [2.75, 3.05) is 76.1 Å². The fourth-order valence-corrected chi connectivity index (χ4v) is 11.2. The van der Waals surface area contributed by atoms with E-state index in [9.17, 15) is 19.2 Å². The molecule has 5 fully saturated rings. The third-order valence-corrected chi connectivity index (χ3v) is 15.4. The molecule has 1 aliphatic carbocycles. The van der Waals surface area contributed by atoms with E-state index in [4.69, 9.17) is 30.1 Å². The molecule has 9 heterocycles. The van der Waals surface area contributed by atoms with E-state index in [1.807, 2.05) is 37.7 Å². The monoisotopic (exact) mass is 985 g/mol. The molecular weight excluding hydrogens is 926 g/mol. The molecular formula is C50H60FN15O6. The molecule has 1 unspecified atom stereocenters. The third kappa shape index (κ3) is 8.86. The second-order valence-corrected chi connectivity index (χ2v) is 20.4. The molecule has 6 aromatic rings. The number of nitrogen functional groups attached to an aromatic ring is 1. The van der Waals surface area contributed by atoms with Crippen molar-refractivity contribution in [2.45, 2.75) is 95.9 Å². The number of hydrogen-bond donors (Lipinski definition) is 2. The number of likely N-dealkylation sites (tertiary alicyclic amines) is 2. The van der Waals surface area contributed by atoms with E-state index < -0.39 is 17.9 Å². The summed E-state index contributed by atoms with van der Waals surface area (Å²) in [5.74, 6) is 0.477. The second-order valence-electron chi connectivity index (χ2n) is 20.4. The zero-order valence-corrected chi connectivity index (χ0v) is 41.1. The molecule has 11 rings (SSSR count). The number of piperidine rings is 3. The van der Waals surface area contributed by atoms with E-state index in [-0.39, 0.29) is 48.5 Å². The van der Waals surface area contributed by atoms with Crippen LogP contribution in [0.5, 0.6) is 0 Å². The first-order valence-electron chi connectivity index (χ1n) is 25.3. The van der Waals surface area contributed by atoms with Gasteiger partial charge in [-0.15, -0.1) is 0 Å². The fourth-order valence-electron chi connectivity index (χ4n) is 11.2. The van der Waals surface area contributed by atoms with Crippen LogP contribution in [-0.2, 0) is 26.2 Å². The number of carbonyl (C=O) groups is 4. The SMILES string of the molecule is Cc1nc(-c2c(-c3nn(C(C)C)c4ncnc(N)c34)noc2C2CC2)ncc1C1CCN(C(=O)OCC(=O)N2CCC(CN3CCN(c4ccc5c(C6CCC(=O)NC6=O)nn(C)c5c4F)CC3)CC2)CC1. The van der Waals surface area contributed by atoms with Crippen LogP contribution in [0.3, 0.4) is 0 Å². The molecule has 378 valence electrons. The summed E-state index contributed by atoms with van der Waals surface area (Å²) >= 11 is 0. The normalized spacial score (nSPS) is 19.8. The van der Waals surface area contributed by atoms with Crippen LogP contribution in [0.1, 0.15) is 112 Å². The number of nitrogens with one attached hydrogen (secondary N) is 1. The average Bonchev–Trinajstić information content (AvgIpc) is 3.85. The number of ether oxygens (including phenoxy) is 1. The molecule has 4 saturated heterocycles. The van der Waals surface area contributed by atoms with Crippen LogP contribution in [0.2, 0.25) is 0 Å². The molecule has 0 radical (unpaired) electrons. The van der Waals surface area contributed by atoms with Crippen LogP contribution in [0, 0.1) is 18.7 Å². The Hall–Kier alpha value is -7.10. The first kappa shape index (κ1) is 47.2. The number of fused-ring (bicyclic) bond motifs is 2. The van der Waals surface area contributed by atoms with Crippen LogP contribution in [0.4, 0.5) is 20.7 Å². The van der Waals surface area contributed by atoms with Crippen molar-refractivity contribution in [3.63, 3.8) is 0 Å². The summed E-state index contributed by atoms with van der Waals surface area (Å²) in [6, 6.07) is 3.62. The van der Waals surface area contributed by atoms with E-state index >= 15 is 4.39 Å². The van der Waals surface area contributed by atoms with Gasteiger partial charge in [-0.1, -0.05) is 5.16 Å². The lowest BCUT2D eigenvalue weighted by Crippen LogP contribution is -2.49. The summed E-state index contributed by atoms with van der Waals surface area (Å²) in [4.78, 5) is 77.4. The summed E-state index contributed by atoms with van der Waals surface area (Å²) in [6.45, 7) is 11.7. The summed E-state index contributed by atoms with van der Waals surface area (Å²) < 4.78 is 31.0. The summed E-state index contributed by atoms with van der Waals surface area (Å²) in [7, 11) is 1.68. The highest BCUT2D eigenvalue weighted by molar-refractivity contribution is 6.03. The molecule has 0 spiro atoms. The minimum atomic E-state index is -0.597. The molecule has 22 heteroatoms. The Morgan fingerprint density at radius 1 is 0.903 bits per heavy atom. The number of imide groups is 1. The van der Waals surface area contributed by atoms with Gasteiger partial charge in [0.25, 0.3) is 5.91 Å². The molecule has 72 heavy (non-hydrogen) atoms. The molecule has 3 N–H and O–H groups in total. The first-order valence-corrected chi connectivity index (χ1v) is 25.3. The smallest absolute Gasteiger partial charge is 0.410 e. The zero-order chi connectivity index (χ0) is 49.9. The Kier molecular flexibility index (Phi) is 12.6. The largest absolute Gasteiger partial charge is 0.439 e. The Balaban J connectivity index is 0.638. The number of amides is 4. The van der Waals surface area contributed by atoms with E-state index in [0.717, 1.165) is 62.3 Å². The van der Waals surface area contributed by atoms with Crippen LogP contribution >= 0.6 is 0 Å². The Bertz CT molecular complexity index is 3080. The summed E-state index contributed by atoms with van der Waals surface area (Å²) in [5, 5.41) is 17.5. The van der Waals surface area contributed by atoms with Gasteiger partial charge in [-0.3, -0.25) is 29.3 Å². The molecule has 0 bridgehead atoms. The number of anilines is 2. The highest BCUT2D eigenvalue weighted by Gasteiger charge is 2.38. The molecule has 5 aliphatic rings. The number of nitrogens with two attached hydrogens (primary N) is 1. The van der Waals surface area contributed by atoms with Crippen molar-refractivity contribution in [1.82, 2.24) is 64.7 Å². The fraction of sp³-hybridized carbons (Fsp3) is 0.540. The van der Waals surface area contributed by atoms with Gasteiger partial charge in [0.1, 0.15) is 29.0 Å². The molecule has 4 amide bonds. The van der Waals surface area contributed by atoms with Crippen LogP contribution < -0.4 is 16.0 Å². The topological polar surface area (TPSA) is 242 Å². The van der Waals surface area contributed by atoms with Crippen molar-refractivity contribution < 1.29 is 32.8 Å². The maximum absolute atomic E-state index is 16.1. The number of piperazine rings is 1. The predicted octanol–water partition coefficient (Wildman–Crippen LogP) is 5.21. The van der Waals surface area contributed by atoms with E-state index in [1.165, 1.54) is 11.0 Å². The van der Waals surface area contributed by atoms with E-state index in [1.54, 1.807) is 22.9 Å². The van der Waals surface area contributed by atoms with Crippen LogP contribution in [-0.4, -0.2) is 149 Å². The maximum Gasteiger partial charge on any atom is 0.410 e. The van der Waals surface area contributed by atoms with Gasteiger partial charge in [0.2, 0.25) is 11.8 Å². The third-order valence-electron chi connectivity index (χ3n) is 15.4. The molecule has 5 aromatic heterocycles. The number of benzene rings is 1. The molecule has 1 aromatic carbocycles. The second kappa shape index (κ2) is 19.1. The molecule has 1 saturated carbocycles. The van der Waals surface area contributed by atoms with Crippen molar-refractivity contribution in [3.05, 3.63) is 53.2 Å². The molecule has 4 aliphatic heterocycles. The van der Waals surface area contributed by atoms with Crippen molar-refractivity contribution >= 4 is 57.3 Å². The average molecular weight is 986 g/mol. The summed E-state index contributed by atoms with van der Waals surface area (Å²) in [6.07, 6.45) is 8.49. The Morgan fingerprint density at radius 2 is 1.65 bits per heavy atom. The summed E-state index contributed by atoms with van der Waals surface area (Å²) in [5.41, 5.74) is 12.0. The predicted molar refractivity (Wildman–Crippen MR) is 262 cm³/mol. The van der Waals surface area contributed by atoms with Gasteiger partial charge in [0.05, 0.1) is 28.2 Å². The van der Waals surface area contributed by atoms with Gasteiger partial charge in [-0.2, -0.15) is 10.2 Å². The highest BCUT2D eigenvalue weighted by Crippen LogP contribution is 2.48. The number of rotatable bonds is 11. The first-order chi connectivity index (χ1) is 34.8. The van der Waals surface area contributed by atoms with Gasteiger partial charge < -0.3 is 29.7 Å². The van der Waals surface area contributed by atoms with Crippen molar-refractivity contribution in [3.8, 4) is 22.8 Å². The number of aryl methyl sites for hydroxylation is 2. The maximum atomic E-state index is 16.1. The van der Waals surface area contributed by atoms with E-state index in [2.05, 4.69) is 35.3 Å². The lowest BCUT2D eigenvalue weighted by molar-refractivity contribution is -0.136. The number of halogens is 1. The van der Waals surface area contributed by atoms with Crippen molar-refractivity contribution in [1.29, 1.82) is 0 Å². The standard InChI is InChI=1S/C50H60FN15O6/c1-27(2)66-48-39(46(52)54-26-55-48)42(59-66)43-38(45(72-60-43)31-5-6-31)47-53-23-34(28(3)56-47)30-13-17-65(18-14-30)50(70)71-25-37(68)64-15-11-29(12-16-64)24-62-19-21-63(22-20-62)35-9-7-32-41(58-61(4)44(32)40(35)51)33-8-10-36(67)57-49(33)69/h7,9,23,26-27,29-31,33H,5-6,8,10-22,24-25H2,1-4H3,(H2,52,54,55)(H,57,67,69). The number of carbonyl (C=O) groups excluding carboxylic acids is 4. The van der Waals surface area contributed by atoms with Gasteiger partial charge in [-0.25, -0.2) is 33.8 Å². The quantitative estimate of drug-likeness (QED) is 0.158. The number of nitrogens with zero attached hydrogens (tertiary/aromatic N) is 13. The van der Waals surface area contributed by atoms with Gasteiger partial charge in [0, 0.05) is 102 Å². The minimum absolute atomic E-state index is 0.0114. The molecule has 21 nitrogen and oxygen atoms in total. The van der Waals surface area contributed by atoms with Gasteiger partial charge >= 0.3 is 6.09 Å². The Labute approximate surface area is 414 Å². The minimum Gasteiger partial charge on any atom is -0.439 e. The van der Waals surface area contributed by atoms with Crippen molar-refractivity contribution in [2.24, 2.45) is 13.0 Å². The van der Waals surface area contributed by atoms with Gasteiger partial charge in [-0.05, 0) is 95.2 Å². The van der Waals surface area contributed by atoms with Crippen LogP contribution in [0.15, 0.2) is 29.2 Å². The van der Waals surface area contributed by atoms with Crippen LogP contribution in [0.25, 0.3) is 44.7 Å². The van der Waals surface area contributed by atoms with Gasteiger partial charge in [0.15, 0.2) is 29.7 Å².